The van der Waals surface area contributed by atoms with Crippen molar-refractivity contribution in [3.63, 3.8) is 0 Å². The number of carbonyl (C=O) groups is 1. The van der Waals surface area contributed by atoms with Crippen LogP contribution in [-0.4, -0.2) is 58.1 Å². The lowest BCUT2D eigenvalue weighted by Gasteiger charge is -2.33. The maximum Gasteiger partial charge on any atom is 0.266 e. The SMILES string of the molecule is CCC(C)N(C(=O)CSc1nc2ccccc2c(=O)n1-c1ccc(C)cc1)C1CCS(=O)(=O)C1. The Balaban J connectivity index is 1.68. The number of thioether (sulfide) groups is 1. The lowest BCUT2D eigenvalue weighted by atomic mass is 10.1. The average molecular weight is 500 g/mol. The fourth-order valence-electron chi connectivity index (χ4n) is 4.33. The van der Waals surface area contributed by atoms with Crippen molar-refractivity contribution >= 4 is 38.4 Å². The number of hydrogen-bond donors (Lipinski definition) is 0. The summed E-state index contributed by atoms with van der Waals surface area (Å²) in [6.45, 7) is 5.91. The van der Waals surface area contributed by atoms with Crippen LogP contribution in [0.5, 0.6) is 0 Å². The zero-order valence-electron chi connectivity index (χ0n) is 19.6. The molecule has 1 fully saturated rings. The maximum absolute atomic E-state index is 13.4. The highest BCUT2D eigenvalue weighted by Gasteiger charge is 2.36. The molecular formula is C25H29N3O4S2. The molecule has 2 heterocycles. The quantitative estimate of drug-likeness (QED) is 0.365. The molecule has 2 unspecified atom stereocenters. The highest BCUT2D eigenvalue weighted by Crippen LogP contribution is 2.26. The van der Waals surface area contributed by atoms with Gasteiger partial charge in [-0.1, -0.05) is 48.5 Å². The monoisotopic (exact) mass is 499 g/mol. The van der Waals surface area contributed by atoms with Crippen molar-refractivity contribution in [1.82, 2.24) is 14.5 Å². The number of hydrogen-bond acceptors (Lipinski definition) is 6. The van der Waals surface area contributed by atoms with Gasteiger partial charge in [-0.15, -0.1) is 0 Å². The molecule has 1 aliphatic rings. The molecule has 3 aromatic rings. The highest BCUT2D eigenvalue weighted by atomic mass is 32.2. The first-order valence-electron chi connectivity index (χ1n) is 11.4. The summed E-state index contributed by atoms with van der Waals surface area (Å²) in [5, 5.41) is 0.945. The van der Waals surface area contributed by atoms with E-state index in [1.807, 2.05) is 51.1 Å². The molecule has 1 aliphatic heterocycles. The van der Waals surface area contributed by atoms with Gasteiger partial charge in [-0.2, -0.15) is 0 Å². The molecule has 0 saturated carbocycles. The second-order valence-electron chi connectivity index (χ2n) is 8.79. The standard InChI is InChI=1S/C25H29N3O4S2/c1-4-18(3)27(20-13-14-34(31,32)16-20)23(29)15-33-25-26-22-8-6-5-7-21(22)24(30)28(25)19-11-9-17(2)10-12-19/h5-12,18,20H,4,13-16H2,1-3H3. The van der Waals surface area contributed by atoms with E-state index in [0.717, 1.165) is 12.0 Å². The van der Waals surface area contributed by atoms with Crippen molar-refractivity contribution in [3.8, 4) is 5.69 Å². The van der Waals surface area contributed by atoms with Crippen LogP contribution >= 0.6 is 11.8 Å². The van der Waals surface area contributed by atoms with Crippen molar-refractivity contribution < 1.29 is 13.2 Å². The Morgan fingerprint density at radius 2 is 1.91 bits per heavy atom. The molecule has 0 radical (unpaired) electrons. The highest BCUT2D eigenvalue weighted by molar-refractivity contribution is 7.99. The molecule has 34 heavy (non-hydrogen) atoms. The summed E-state index contributed by atoms with van der Waals surface area (Å²) in [5.74, 6) is 0.0527. The summed E-state index contributed by atoms with van der Waals surface area (Å²) in [4.78, 5) is 33.2. The van der Waals surface area contributed by atoms with E-state index >= 15 is 0 Å². The first kappa shape index (κ1) is 24.5. The third-order valence-electron chi connectivity index (χ3n) is 6.32. The second kappa shape index (κ2) is 9.92. The van der Waals surface area contributed by atoms with Crippen LogP contribution in [0.25, 0.3) is 16.6 Å². The van der Waals surface area contributed by atoms with Crippen molar-refractivity contribution in [2.75, 3.05) is 17.3 Å². The number of rotatable bonds is 7. The largest absolute Gasteiger partial charge is 0.335 e. The predicted molar refractivity (Wildman–Crippen MR) is 136 cm³/mol. The molecule has 1 amide bonds. The number of amides is 1. The minimum absolute atomic E-state index is 0.00997. The van der Waals surface area contributed by atoms with E-state index in [2.05, 4.69) is 0 Å². The van der Waals surface area contributed by atoms with Crippen molar-refractivity contribution in [2.24, 2.45) is 0 Å². The molecule has 0 aliphatic carbocycles. The van der Waals surface area contributed by atoms with Crippen LogP contribution in [-0.2, 0) is 14.6 Å². The molecule has 4 rings (SSSR count). The lowest BCUT2D eigenvalue weighted by Crippen LogP contribution is -2.47. The van der Waals surface area contributed by atoms with Gasteiger partial charge in [0.2, 0.25) is 5.91 Å². The Morgan fingerprint density at radius 1 is 1.21 bits per heavy atom. The van der Waals surface area contributed by atoms with Crippen molar-refractivity contribution in [1.29, 1.82) is 0 Å². The summed E-state index contributed by atoms with van der Waals surface area (Å²) >= 11 is 1.21. The van der Waals surface area contributed by atoms with Gasteiger partial charge in [0.05, 0.1) is 33.8 Å². The lowest BCUT2D eigenvalue weighted by molar-refractivity contribution is -0.132. The molecule has 9 heteroatoms. The second-order valence-corrected chi connectivity index (χ2v) is 12.0. The van der Waals surface area contributed by atoms with Crippen LogP contribution in [0, 0.1) is 6.92 Å². The number of fused-ring (bicyclic) bond motifs is 1. The van der Waals surface area contributed by atoms with E-state index in [-0.39, 0.29) is 40.8 Å². The number of aromatic nitrogens is 2. The predicted octanol–water partition coefficient (Wildman–Crippen LogP) is 3.60. The van der Waals surface area contributed by atoms with Gasteiger partial charge in [0.1, 0.15) is 0 Å². The van der Waals surface area contributed by atoms with Gasteiger partial charge in [-0.25, -0.2) is 13.4 Å². The minimum Gasteiger partial charge on any atom is -0.335 e. The van der Waals surface area contributed by atoms with Crippen LogP contribution in [0.4, 0.5) is 0 Å². The molecule has 0 bridgehead atoms. The van der Waals surface area contributed by atoms with Crippen molar-refractivity contribution in [3.05, 3.63) is 64.4 Å². The third-order valence-corrected chi connectivity index (χ3v) is 8.99. The van der Waals surface area contributed by atoms with E-state index in [9.17, 15) is 18.0 Å². The van der Waals surface area contributed by atoms with Crippen LogP contribution < -0.4 is 5.56 Å². The Hall–Kier alpha value is -2.65. The average Bonchev–Trinajstić information content (AvgIpc) is 3.17. The first-order chi connectivity index (χ1) is 16.2. The number of nitrogens with zero attached hydrogens (tertiary/aromatic N) is 3. The third kappa shape index (κ3) is 5.05. The molecule has 1 aromatic heterocycles. The Labute approximate surface area is 204 Å². The summed E-state index contributed by atoms with van der Waals surface area (Å²) in [6, 6.07) is 14.4. The molecular weight excluding hydrogens is 470 g/mol. The molecule has 0 N–H and O–H groups in total. The van der Waals surface area contributed by atoms with Gasteiger partial charge in [-0.3, -0.25) is 14.2 Å². The summed E-state index contributed by atoms with van der Waals surface area (Å²) in [6.07, 6.45) is 1.20. The topological polar surface area (TPSA) is 89.3 Å². The summed E-state index contributed by atoms with van der Waals surface area (Å²) in [5.41, 5.74) is 2.15. The Bertz CT molecular complexity index is 1370. The number of carbonyl (C=O) groups excluding carboxylic acids is 1. The molecule has 2 aromatic carbocycles. The van der Waals surface area contributed by atoms with E-state index < -0.39 is 9.84 Å². The van der Waals surface area contributed by atoms with E-state index in [4.69, 9.17) is 4.98 Å². The molecule has 2 atom stereocenters. The normalized spacial score (nSPS) is 18.1. The maximum atomic E-state index is 13.4. The zero-order chi connectivity index (χ0) is 24.5. The fourth-order valence-corrected chi connectivity index (χ4v) is 6.93. The van der Waals surface area contributed by atoms with Gasteiger partial charge in [0, 0.05) is 12.1 Å². The van der Waals surface area contributed by atoms with E-state index in [1.165, 1.54) is 11.8 Å². The molecule has 1 saturated heterocycles. The van der Waals surface area contributed by atoms with Gasteiger partial charge < -0.3 is 4.90 Å². The number of aryl methyl sites for hydroxylation is 1. The fraction of sp³-hybridized carbons (Fsp3) is 0.400. The Kier molecular flexibility index (Phi) is 7.14. The van der Waals surface area contributed by atoms with Gasteiger partial charge in [0.15, 0.2) is 15.0 Å². The van der Waals surface area contributed by atoms with Crippen LogP contribution in [0.1, 0.15) is 32.3 Å². The molecule has 0 spiro atoms. The number of para-hydroxylation sites is 1. The van der Waals surface area contributed by atoms with Crippen LogP contribution in [0.2, 0.25) is 0 Å². The number of benzene rings is 2. The molecule has 180 valence electrons. The summed E-state index contributed by atoms with van der Waals surface area (Å²) in [7, 11) is -3.12. The van der Waals surface area contributed by atoms with E-state index in [0.29, 0.717) is 28.2 Å². The smallest absolute Gasteiger partial charge is 0.266 e. The first-order valence-corrected chi connectivity index (χ1v) is 14.2. The molecule has 7 nitrogen and oxygen atoms in total. The van der Waals surface area contributed by atoms with E-state index in [1.54, 1.807) is 27.7 Å². The van der Waals surface area contributed by atoms with Crippen LogP contribution in [0.3, 0.4) is 0 Å². The Morgan fingerprint density at radius 3 is 2.56 bits per heavy atom. The van der Waals surface area contributed by atoms with Crippen LogP contribution in [0.15, 0.2) is 58.5 Å². The zero-order valence-corrected chi connectivity index (χ0v) is 21.2. The van der Waals surface area contributed by atoms with Crippen molar-refractivity contribution in [2.45, 2.75) is 50.9 Å². The minimum atomic E-state index is -3.12. The summed E-state index contributed by atoms with van der Waals surface area (Å²) < 4.78 is 25.7. The van der Waals surface area contributed by atoms with Gasteiger partial charge >= 0.3 is 0 Å². The van der Waals surface area contributed by atoms with Gasteiger partial charge in [0.25, 0.3) is 5.56 Å². The number of sulfone groups is 1. The van der Waals surface area contributed by atoms with Gasteiger partial charge in [-0.05, 0) is 51.0 Å².